The van der Waals surface area contributed by atoms with Gasteiger partial charge in [0.1, 0.15) is 5.75 Å². The number of fused-ring (bicyclic) bond motifs is 1. The molecule has 0 saturated carbocycles. The number of hydrogen-bond donors (Lipinski definition) is 1. The van der Waals surface area contributed by atoms with Crippen LogP contribution < -0.4 is 15.0 Å². The highest BCUT2D eigenvalue weighted by molar-refractivity contribution is 7.99. The maximum Gasteiger partial charge on any atom is 0.238 e. The molecule has 8 heteroatoms. The van der Waals surface area contributed by atoms with Crippen molar-refractivity contribution < 1.29 is 4.74 Å². The van der Waals surface area contributed by atoms with Crippen LogP contribution in [0.25, 0.3) is 0 Å². The van der Waals surface area contributed by atoms with Crippen LogP contribution in [0.2, 0.25) is 0 Å². The van der Waals surface area contributed by atoms with E-state index in [1.807, 2.05) is 44.2 Å². The first-order valence-corrected chi connectivity index (χ1v) is 13.3. The van der Waals surface area contributed by atoms with E-state index in [4.69, 9.17) is 14.7 Å². The topological polar surface area (TPSA) is 97.9 Å². The summed E-state index contributed by atoms with van der Waals surface area (Å²) in [5.74, 6) is 2.98. The first-order chi connectivity index (χ1) is 17.5. The smallest absolute Gasteiger partial charge is 0.238 e. The predicted molar refractivity (Wildman–Crippen MR) is 142 cm³/mol. The molecule has 2 aliphatic rings. The molecule has 1 N–H and O–H groups in total. The van der Waals surface area contributed by atoms with Crippen molar-refractivity contribution in [1.29, 1.82) is 10.5 Å². The van der Waals surface area contributed by atoms with Gasteiger partial charge in [0.2, 0.25) is 11.8 Å². The highest BCUT2D eigenvalue weighted by Gasteiger charge is 2.24. The summed E-state index contributed by atoms with van der Waals surface area (Å²) in [6.45, 7) is 5.73. The molecule has 5 rings (SSSR count). The van der Waals surface area contributed by atoms with Crippen LogP contribution >= 0.6 is 11.8 Å². The normalized spacial score (nSPS) is 15.5. The third-order valence-corrected chi connectivity index (χ3v) is 7.86. The summed E-state index contributed by atoms with van der Waals surface area (Å²) >= 11 is 1.75. The number of anilines is 2. The minimum absolute atomic E-state index is 0.265. The van der Waals surface area contributed by atoms with Crippen LogP contribution in [-0.4, -0.2) is 34.9 Å². The molecule has 0 radical (unpaired) electrons. The standard InChI is InChI=1S/C28H28N6OS/c1-18-13-21(17-30)14-19(2)25(18)35-27-26-24(7-4-12-36-26)32-28(33-27)31-22-8-10-34(11-9-22)23-6-3-5-20(15-23)16-29/h3,5-6,13-15,22H,4,7-12H2,1-2H3,(H,31,32,33). The fraction of sp³-hybridized carbons (Fsp3) is 0.357. The average molecular weight is 497 g/mol. The fourth-order valence-corrected chi connectivity index (χ4v) is 5.86. The van der Waals surface area contributed by atoms with E-state index >= 15 is 0 Å². The van der Waals surface area contributed by atoms with Gasteiger partial charge < -0.3 is 15.0 Å². The van der Waals surface area contributed by atoms with Crippen molar-refractivity contribution in [2.24, 2.45) is 0 Å². The van der Waals surface area contributed by atoms with Crippen LogP contribution in [0.4, 0.5) is 11.6 Å². The van der Waals surface area contributed by atoms with E-state index < -0.39 is 0 Å². The molecule has 1 saturated heterocycles. The second-order valence-corrected chi connectivity index (χ2v) is 10.4. The molecule has 1 fully saturated rings. The van der Waals surface area contributed by atoms with Crippen LogP contribution in [0.3, 0.4) is 0 Å². The molecule has 0 amide bonds. The van der Waals surface area contributed by atoms with Gasteiger partial charge in [-0.25, -0.2) is 4.98 Å². The predicted octanol–water partition coefficient (Wildman–Crippen LogP) is 5.75. The number of aryl methyl sites for hydroxylation is 3. The zero-order chi connectivity index (χ0) is 25.1. The molecule has 3 heterocycles. The van der Waals surface area contributed by atoms with Crippen molar-refractivity contribution >= 4 is 23.4 Å². The van der Waals surface area contributed by atoms with Crippen molar-refractivity contribution in [3.63, 3.8) is 0 Å². The van der Waals surface area contributed by atoms with E-state index in [0.717, 1.165) is 77.7 Å². The van der Waals surface area contributed by atoms with Crippen molar-refractivity contribution in [1.82, 2.24) is 9.97 Å². The van der Waals surface area contributed by atoms with Gasteiger partial charge >= 0.3 is 0 Å². The summed E-state index contributed by atoms with van der Waals surface area (Å²) in [5, 5.41) is 22.1. The third-order valence-electron chi connectivity index (χ3n) is 6.67. The largest absolute Gasteiger partial charge is 0.437 e. The van der Waals surface area contributed by atoms with Crippen molar-refractivity contribution in [3.8, 4) is 23.8 Å². The van der Waals surface area contributed by atoms with Crippen LogP contribution in [-0.2, 0) is 6.42 Å². The van der Waals surface area contributed by atoms with Gasteiger partial charge in [-0.05, 0) is 86.7 Å². The highest BCUT2D eigenvalue weighted by atomic mass is 32.2. The second-order valence-electron chi connectivity index (χ2n) is 9.30. The number of nitrogens with one attached hydrogen (secondary N) is 1. The van der Waals surface area contributed by atoms with E-state index in [1.165, 1.54) is 0 Å². The summed E-state index contributed by atoms with van der Waals surface area (Å²) in [6, 6.07) is 16.2. The maximum atomic E-state index is 9.28. The highest BCUT2D eigenvalue weighted by Crippen LogP contribution is 2.40. The van der Waals surface area contributed by atoms with Crippen LogP contribution in [0.15, 0.2) is 41.3 Å². The summed E-state index contributed by atoms with van der Waals surface area (Å²) in [6.07, 6.45) is 3.91. The molecular weight excluding hydrogens is 468 g/mol. The monoisotopic (exact) mass is 496 g/mol. The molecule has 0 aliphatic carbocycles. The van der Waals surface area contributed by atoms with Crippen LogP contribution in [0, 0.1) is 36.5 Å². The van der Waals surface area contributed by atoms with Crippen molar-refractivity contribution in [2.45, 2.75) is 50.5 Å². The molecule has 0 spiro atoms. The van der Waals surface area contributed by atoms with Gasteiger partial charge in [0, 0.05) is 24.8 Å². The molecule has 2 aliphatic heterocycles. The van der Waals surface area contributed by atoms with Gasteiger partial charge in [-0.3, -0.25) is 0 Å². The average Bonchev–Trinajstić information content (AvgIpc) is 2.91. The Balaban J connectivity index is 1.34. The number of nitrogens with zero attached hydrogens (tertiary/aromatic N) is 5. The Labute approximate surface area is 216 Å². The zero-order valence-corrected chi connectivity index (χ0v) is 21.4. The number of benzene rings is 2. The molecule has 0 unspecified atom stereocenters. The van der Waals surface area contributed by atoms with E-state index in [2.05, 4.69) is 28.4 Å². The first kappa shape index (κ1) is 24.0. The molecule has 36 heavy (non-hydrogen) atoms. The van der Waals surface area contributed by atoms with Gasteiger partial charge in [-0.1, -0.05) is 6.07 Å². The van der Waals surface area contributed by atoms with Gasteiger partial charge in [0.25, 0.3) is 0 Å². The minimum atomic E-state index is 0.265. The Morgan fingerprint density at radius 3 is 2.50 bits per heavy atom. The Bertz CT molecular complexity index is 1340. The number of aromatic nitrogens is 2. The lowest BCUT2D eigenvalue weighted by molar-refractivity contribution is 0.438. The fourth-order valence-electron chi connectivity index (χ4n) is 4.85. The third kappa shape index (κ3) is 5.10. The van der Waals surface area contributed by atoms with Gasteiger partial charge in [0.15, 0.2) is 0 Å². The number of hydrogen-bond acceptors (Lipinski definition) is 8. The summed E-state index contributed by atoms with van der Waals surface area (Å²) in [4.78, 5) is 13.0. The lowest BCUT2D eigenvalue weighted by Crippen LogP contribution is -2.39. The number of nitriles is 2. The maximum absolute atomic E-state index is 9.28. The number of thioether (sulfide) groups is 1. The van der Waals surface area contributed by atoms with Gasteiger partial charge in [-0.2, -0.15) is 15.5 Å². The van der Waals surface area contributed by atoms with Gasteiger partial charge in [0.05, 0.1) is 33.9 Å². The Hall–Kier alpha value is -3.75. The molecule has 0 atom stereocenters. The zero-order valence-electron chi connectivity index (χ0n) is 20.5. The molecule has 7 nitrogen and oxygen atoms in total. The van der Waals surface area contributed by atoms with E-state index in [-0.39, 0.29) is 6.04 Å². The van der Waals surface area contributed by atoms with E-state index in [1.54, 1.807) is 11.8 Å². The molecule has 1 aromatic heterocycles. The molecule has 2 aromatic carbocycles. The Kier molecular flexibility index (Phi) is 6.97. The summed E-state index contributed by atoms with van der Waals surface area (Å²) in [5.41, 5.74) is 5.29. The van der Waals surface area contributed by atoms with Crippen LogP contribution in [0.1, 0.15) is 47.2 Å². The number of ether oxygens (including phenoxy) is 1. The number of rotatable bonds is 5. The molecule has 3 aromatic rings. The molecule has 182 valence electrons. The van der Waals surface area contributed by atoms with Crippen molar-refractivity contribution in [2.75, 3.05) is 29.1 Å². The first-order valence-electron chi connectivity index (χ1n) is 12.3. The number of piperidine rings is 1. The van der Waals surface area contributed by atoms with E-state index in [0.29, 0.717) is 23.0 Å². The Morgan fingerprint density at radius 1 is 1.03 bits per heavy atom. The quantitative estimate of drug-likeness (QED) is 0.477. The van der Waals surface area contributed by atoms with Gasteiger partial charge in [-0.15, -0.1) is 11.8 Å². The lowest BCUT2D eigenvalue weighted by atomic mass is 10.0. The Morgan fingerprint density at radius 2 is 1.78 bits per heavy atom. The van der Waals surface area contributed by atoms with E-state index in [9.17, 15) is 10.5 Å². The SMILES string of the molecule is Cc1cc(C#N)cc(C)c1Oc1nc(NC2CCN(c3cccc(C#N)c3)CC2)nc2c1SCCC2. The lowest BCUT2D eigenvalue weighted by Gasteiger charge is -2.34. The second kappa shape index (κ2) is 10.5. The van der Waals surface area contributed by atoms with Crippen molar-refractivity contribution in [3.05, 3.63) is 64.3 Å². The molecule has 0 bridgehead atoms. The minimum Gasteiger partial charge on any atom is -0.437 e. The summed E-state index contributed by atoms with van der Waals surface area (Å²) in [7, 11) is 0. The van der Waals surface area contributed by atoms with Crippen LogP contribution in [0.5, 0.6) is 11.6 Å². The molecular formula is C28H28N6OS. The summed E-state index contributed by atoms with van der Waals surface area (Å²) < 4.78 is 6.41.